The van der Waals surface area contributed by atoms with E-state index < -0.39 is 23.8 Å². The molecule has 14 heavy (non-hydrogen) atoms. The number of rotatable bonds is 2. The molecule has 82 valence electrons. The van der Waals surface area contributed by atoms with Gasteiger partial charge in [-0.2, -0.15) is 17.6 Å². The van der Waals surface area contributed by atoms with Gasteiger partial charge in [0.15, 0.2) is 0 Å². The topological polar surface area (TPSA) is 52.6 Å². The fourth-order valence-electron chi connectivity index (χ4n) is 0.222. The largest absolute Gasteiger partial charge is 0.423 e. The van der Waals surface area contributed by atoms with Gasteiger partial charge in [-0.15, -0.1) is 0 Å². The Hall–Kier alpha value is -1.34. The highest BCUT2D eigenvalue weighted by atomic mass is 19.3. The molecule has 0 bridgehead atoms. The molecule has 4 nitrogen and oxygen atoms in total. The third-order valence-corrected chi connectivity index (χ3v) is 0.910. The molecule has 0 heterocycles. The lowest BCUT2D eigenvalue weighted by Crippen LogP contribution is -2.32. The summed E-state index contributed by atoms with van der Waals surface area (Å²) in [6.45, 7) is 0.320. The molecule has 0 atom stereocenters. The van der Waals surface area contributed by atoms with Crippen LogP contribution in [-0.4, -0.2) is 23.8 Å². The molecule has 0 aliphatic heterocycles. The normalized spacial score (nSPS) is 12.1. The molecule has 0 saturated carbocycles. The first-order valence-electron chi connectivity index (χ1n) is 3.24. The van der Waals surface area contributed by atoms with Crippen LogP contribution in [0.15, 0.2) is 0 Å². The summed E-state index contributed by atoms with van der Waals surface area (Å²) in [5.74, 6) is -12.3. The van der Waals surface area contributed by atoms with Gasteiger partial charge in [0.1, 0.15) is 0 Å². The van der Waals surface area contributed by atoms with E-state index in [1.54, 1.807) is 0 Å². The summed E-state index contributed by atoms with van der Waals surface area (Å²) >= 11 is 0. The molecule has 0 spiro atoms. The Balaban J connectivity index is 4.10. The molecule has 0 fully saturated rings. The van der Waals surface area contributed by atoms with Crippen LogP contribution in [0.1, 0.15) is 13.8 Å². The van der Waals surface area contributed by atoms with Crippen LogP contribution in [0.2, 0.25) is 0 Å². The molecular weight excluding hydrogens is 212 g/mol. The Morgan fingerprint density at radius 3 is 1.21 bits per heavy atom. The van der Waals surface area contributed by atoms with Crippen LogP contribution in [0, 0.1) is 0 Å². The number of carbonyl (C=O) groups is 2. The molecule has 0 amide bonds. The SMILES string of the molecule is CC(F)(F)C(=O)OOC(=O)C(C)(F)F. The molecule has 0 radical (unpaired) electrons. The number of carbonyl (C=O) groups excluding carboxylic acids is 2. The minimum atomic E-state index is -3.91. The molecule has 0 aromatic rings. The number of hydrogen-bond acceptors (Lipinski definition) is 4. The molecule has 0 aliphatic carbocycles. The van der Waals surface area contributed by atoms with E-state index >= 15 is 0 Å². The highest BCUT2D eigenvalue weighted by molar-refractivity contribution is 5.80. The lowest BCUT2D eigenvalue weighted by molar-refractivity contribution is -0.284. The Bertz CT molecular complexity index is 213. The maximum Gasteiger partial charge on any atom is 0.423 e. The lowest BCUT2D eigenvalue weighted by atomic mass is 10.4. The Kier molecular flexibility index (Phi) is 3.44. The van der Waals surface area contributed by atoms with E-state index in [9.17, 15) is 27.2 Å². The second-order valence-corrected chi connectivity index (χ2v) is 2.52. The van der Waals surface area contributed by atoms with Crippen LogP contribution < -0.4 is 0 Å². The van der Waals surface area contributed by atoms with E-state index in [4.69, 9.17) is 0 Å². The predicted molar refractivity (Wildman–Crippen MR) is 33.4 cm³/mol. The number of hydrogen-bond donors (Lipinski definition) is 0. The summed E-state index contributed by atoms with van der Waals surface area (Å²) in [4.78, 5) is 26.8. The molecule has 0 rings (SSSR count). The maximum absolute atomic E-state index is 12.0. The van der Waals surface area contributed by atoms with Crippen molar-refractivity contribution in [3.63, 3.8) is 0 Å². The minimum Gasteiger partial charge on any atom is -0.240 e. The van der Waals surface area contributed by atoms with Crippen LogP contribution in [0.5, 0.6) is 0 Å². The zero-order valence-corrected chi connectivity index (χ0v) is 7.14. The zero-order chi connectivity index (χ0) is 11.6. The van der Waals surface area contributed by atoms with Crippen molar-refractivity contribution in [2.45, 2.75) is 25.7 Å². The number of alkyl halides is 4. The Morgan fingerprint density at radius 2 is 1.07 bits per heavy atom. The van der Waals surface area contributed by atoms with Crippen molar-refractivity contribution < 1.29 is 36.9 Å². The first-order chi connectivity index (χ1) is 6.05. The summed E-state index contributed by atoms with van der Waals surface area (Å²) in [6, 6.07) is 0. The van der Waals surface area contributed by atoms with Crippen molar-refractivity contribution in [2.75, 3.05) is 0 Å². The third kappa shape index (κ3) is 4.06. The third-order valence-electron chi connectivity index (χ3n) is 0.910. The van der Waals surface area contributed by atoms with E-state index in [0.29, 0.717) is 0 Å². The van der Waals surface area contributed by atoms with Gasteiger partial charge in [0.2, 0.25) is 0 Å². The fraction of sp³-hybridized carbons (Fsp3) is 0.667. The van der Waals surface area contributed by atoms with Crippen LogP contribution in [0.25, 0.3) is 0 Å². The highest BCUT2D eigenvalue weighted by Crippen LogP contribution is 2.17. The average molecular weight is 218 g/mol. The molecule has 0 aromatic carbocycles. The molecule has 0 unspecified atom stereocenters. The molecular formula is C6H6F4O4. The van der Waals surface area contributed by atoms with Gasteiger partial charge in [-0.1, -0.05) is 0 Å². The van der Waals surface area contributed by atoms with Crippen LogP contribution in [0.4, 0.5) is 17.6 Å². The summed E-state index contributed by atoms with van der Waals surface area (Å²) in [5, 5.41) is 0. The van der Waals surface area contributed by atoms with E-state index in [2.05, 4.69) is 9.78 Å². The van der Waals surface area contributed by atoms with Crippen LogP contribution in [0.3, 0.4) is 0 Å². The smallest absolute Gasteiger partial charge is 0.240 e. The highest BCUT2D eigenvalue weighted by Gasteiger charge is 2.40. The van der Waals surface area contributed by atoms with Gasteiger partial charge in [-0.25, -0.2) is 19.4 Å². The molecule has 0 aromatic heterocycles. The van der Waals surface area contributed by atoms with E-state index in [1.165, 1.54) is 0 Å². The van der Waals surface area contributed by atoms with Crippen molar-refractivity contribution in [3.8, 4) is 0 Å². The second-order valence-electron chi connectivity index (χ2n) is 2.52. The van der Waals surface area contributed by atoms with E-state index in [-0.39, 0.29) is 13.8 Å². The van der Waals surface area contributed by atoms with Gasteiger partial charge in [0.05, 0.1) is 0 Å². The molecule has 0 N–H and O–H groups in total. The molecule has 8 heteroatoms. The second kappa shape index (κ2) is 3.81. The molecule has 0 saturated heterocycles. The monoisotopic (exact) mass is 218 g/mol. The quantitative estimate of drug-likeness (QED) is 0.398. The first-order valence-corrected chi connectivity index (χ1v) is 3.24. The van der Waals surface area contributed by atoms with Gasteiger partial charge in [0.25, 0.3) is 0 Å². The van der Waals surface area contributed by atoms with Gasteiger partial charge < -0.3 is 0 Å². The van der Waals surface area contributed by atoms with Gasteiger partial charge in [-0.05, 0) is 0 Å². The molecule has 0 aliphatic rings. The van der Waals surface area contributed by atoms with Crippen molar-refractivity contribution >= 4 is 11.9 Å². The van der Waals surface area contributed by atoms with E-state index in [1.807, 2.05) is 0 Å². The van der Waals surface area contributed by atoms with Crippen molar-refractivity contribution in [2.24, 2.45) is 0 Å². The van der Waals surface area contributed by atoms with Crippen molar-refractivity contribution in [1.29, 1.82) is 0 Å². The van der Waals surface area contributed by atoms with Crippen molar-refractivity contribution in [1.82, 2.24) is 0 Å². The number of halogens is 4. The standard InChI is InChI=1S/C6H6F4O4/c1-5(7,8)3(11)13-14-4(12)6(2,9)10/h1-2H3. The van der Waals surface area contributed by atoms with E-state index in [0.717, 1.165) is 0 Å². The summed E-state index contributed by atoms with van der Waals surface area (Å²) < 4.78 is 48.0. The fourth-order valence-corrected chi connectivity index (χ4v) is 0.222. The lowest BCUT2D eigenvalue weighted by Gasteiger charge is -2.10. The van der Waals surface area contributed by atoms with Crippen LogP contribution in [-0.2, 0) is 19.4 Å². The summed E-state index contributed by atoms with van der Waals surface area (Å²) in [5.41, 5.74) is 0. The summed E-state index contributed by atoms with van der Waals surface area (Å²) in [6.07, 6.45) is 0. The Morgan fingerprint density at radius 1 is 0.857 bits per heavy atom. The Labute approximate surface area is 75.7 Å². The summed E-state index contributed by atoms with van der Waals surface area (Å²) in [7, 11) is 0. The maximum atomic E-state index is 12.0. The van der Waals surface area contributed by atoms with Gasteiger partial charge in [-0.3, -0.25) is 0 Å². The first kappa shape index (κ1) is 12.7. The minimum absolute atomic E-state index is 0.160. The van der Waals surface area contributed by atoms with Crippen LogP contribution >= 0.6 is 0 Å². The van der Waals surface area contributed by atoms with Crippen molar-refractivity contribution in [3.05, 3.63) is 0 Å². The predicted octanol–water partition coefficient (Wildman–Crippen LogP) is 1.30. The average Bonchev–Trinajstić information content (AvgIpc) is 1.95. The van der Waals surface area contributed by atoms with Gasteiger partial charge >= 0.3 is 23.8 Å². The van der Waals surface area contributed by atoms with Gasteiger partial charge in [0, 0.05) is 13.8 Å². The zero-order valence-electron chi connectivity index (χ0n) is 7.14.